The average Bonchev–Trinajstić information content (AvgIpc) is 2.07. The van der Waals surface area contributed by atoms with Crippen molar-refractivity contribution >= 4 is 5.69 Å². The van der Waals surface area contributed by atoms with Crippen LogP contribution in [0, 0.1) is 17.3 Å². The van der Waals surface area contributed by atoms with Gasteiger partial charge in [-0.25, -0.2) is 4.39 Å². The summed E-state index contributed by atoms with van der Waals surface area (Å²) in [6, 6.07) is 5.99. The standard InChI is InChI=1S/C9H9FN2/c1-2-12(7-11)9-5-3-4-8(10)6-9/h3-6H,2H2,1H3. The quantitative estimate of drug-likeness (QED) is 0.494. The molecule has 0 aliphatic rings. The Morgan fingerprint density at radius 3 is 2.83 bits per heavy atom. The normalized spacial score (nSPS) is 9.08. The Kier molecular flexibility index (Phi) is 2.65. The maximum Gasteiger partial charge on any atom is 0.184 e. The Morgan fingerprint density at radius 2 is 2.33 bits per heavy atom. The summed E-state index contributed by atoms with van der Waals surface area (Å²) in [5.74, 6) is -0.318. The van der Waals surface area contributed by atoms with E-state index in [0.29, 0.717) is 12.2 Å². The van der Waals surface area contributed by atoms with Gasteiger partial charge in [-0.1, -0.05) is 6.07 Å². The van der Waals surface area contributed by atoms with Gasteiger partial charge in [0, 0.05) is 6.54 Å². The lowest BCUT2D eigenvalue weighted by atomic mass is 10.3. The van der Waals surface area contributed by atoms with Crippen LogP contribution in [0.4, 0.5) is 10.1 Å². The second-order valence-corrected chi connectivity index (χ2v) is 2.32. The molecule has 0 saturated heterocycles. The smallest absolute Gasteiger partial charge is 0.184 e. The number of nitrogens with zero attached hydrogens (tertiary/aromatic N) is 2. The summed E-state index contributed by atoms with van der Waals surface area (Å²) < 4.78 is 12.7. The number of anilines is 1. The van der Waals surface area contributed by atoms with Crippen molar-refractivity contribution in [2.45, 2.75) is 6.92 Å². The fourth-order valence-electron chi connectivity index (χ4n) is 0.955. The maximum absolute atomic E-state index is 12.7. The predicted molar refractivity (Wildman–Crippen MR) is 45.0 cm³/mol. The maximum atomic E-state index is 12.7. The summed E-state index contributed by atoms with van der Waals surface area (Å²) in [5.41, 5.74) is 0.597. The number of nitriles is 1. The van der Waals surface area contributed by atoms with Gasteiger partial charge >= 0.3 is 0 Å². The molecule has 0 bridgehead atoms. The van der Waals surface area contributed by atoms with Crippen molar-refractivity contribution in [1.29, 1.82) is 5.26 Å². The monoisotopic (exact) mass is 164 g/mol. The molecule has 12 heavy (non-hydrogen) atoms. The molecule has 0 saturated carbocycles. The first kappa shape index (κ1) is 8.54. The molecule has 0 radical (unpaired) electrons. The van der Waals surface area contributed by atoms with Crippen LogP contribution in [0.3, 0.4) is 0 Å². The molecule has 0 spiro atoms. The van der Waals surface area contributed by atoms with Crippen molar-refractivity contribution in [3.63, 3.8) is 0 Å². The number of halogens is 1. The molecule has 62 valence electrons. The van der Waals surface area contributed by atoms with Crippen LogP contribution in [-0.4, -0.2) is 6.54 Å². The van der Waals surface area contributed by atoms with Gasteiger partial charge in [0.05, 0.1) is 5.69 Å². The molecule has 0 aromatic heterocycles. The van der Waals surface area contributed by atoms with E-state index in [1.807, 2.05) is 13.1 Å². The second kappa shape index (κ2) is 3.72. The summed E-state index contributed by atoms with van der Waals surface area (Å²) >= 11 is 0. The van der Waals surface area contributed by atoms with E-state index in [1.165, 1.54) is 17.0 Å². The molecular weight excluding hydrogens is 155 g/mol. The number of rotatable bonds is 2. The molecule has 1 aromatic rings. The summed E-state index contributed by atoms with van der Waals surface area (Å²) in [5, 5.41) is 8.62. The van der Waals surface area contributed by atoms with Crippen LogP contribution >= 0.6 is 0 Å². The lowest BCUT2D eigenvalue weighted by Crippen LogP contribution is -2.14. The van der Waals surface area contributed by atoms with Gasteiger partial charge < -0.3 is 0 Å². The first-order chi connectivity index (χ1) is 5.77. The largest absolute Gasteiger partial charge is 0.280 e. The Balaban J connectivity index is 2.95. The Hall–Kier alpha value is -1.56. The highest BCUT2D eigenvalue weighted by Crippen LogP contribution is 2.13. The van der Waals surface area contributed by atoms with Gasteiger partial charge in [-0.15, -0.1) is 0 Å². The molecule has 1 rings (SSSR count). The SMILES string of the molecule is CCN(C#N)c1cccc(F)c1. The van der Waals surface area contributed by atoms with Gasteiger partial charge in [-0.05, 0) is 25.1 Å². The molecule has 0 N–H and O–H groups in total. The highest BCUT2D eigenvalue weighted by molar-refractivity contribution is 5.49. The Morgan fingerprint density at radius 1 is 1.58 bits per heavy atom. The molecule has 0 aliphatic carbocycles. The highest BCUT2D eigenvalue weighted by Gasteiger charge is 2.01. The van der Waals surface area contributed by atoms with Crippen LogP contribution in [0.25, 0.3) is 0 Å². The van der Waals surface area contributed by atoms with Crippen LogP contribution in [0.15, 0.2) is 24.3 Å². The van der Waals surface area contributed by atoms with Crippen molar-refractivity contribution in [2.75, 3.05) is 11.4 Å². The van der Waals surface area contributed by atoms with Gasteiger partial charge in [-0.3, -0.25) is 4.90 Å². The molecular formula is C9H9FN2. The van der Waals surface area contributed by atoms with E-state index < -0.39 is 0 Å². The van der Waals surface area contributed by atoms with Crippen LogP contribution in [0.5, 0.6) is 0 Å². The van der Waals surface area contributed by atoms with Gasteiger partial charge in [0.25, 0.3) is 0 Å². The third-order valence-corrected chi connectivity index (χ3v) is 1.56. The molecule has 3 heteroatoms. The third-order valence-electron chi connectivity index (χ3n) is 1.56. The van der Waals surface area contributed by atoms with Crippen molar-refractivity contribution in [2.24, 2.45) is 0 Å². The zero-order valence-electron chi connectivity index (χ0n) is 6.79. The fourth-order valence-corrected chi connectivity index (χ4v) is 0.955. The zero-order chi connectivity index (χ0) is 8.97. The average molecular weight is 164 g/mol. The van der Waals surface area contributed by atoms with E-state index >= 15 is 0 Å². The number of benzene rings is 1. The Bertz CT molecular complexity index is 304. The van der Waals surface area contributed by atoms with Crippen molar-refractivity contribution in [3.05, 3.63) is 30.1 Å². The summed E-state index contributed by atoms with van der Waals surface area (Å²) in [7, 11) is 0. The fraction of sp³-hybridized carbons (Fsp3) is 0.222. The summed E-state index contributed by atoms with van der Waals surface area (Å²) in [6.45, 7) is 2.40. The van der Waals surface area contributed by atoms with Crippen LogP contribution in [0.1, 0.15) is 6.92 Å². The van der Waals surface area contributed by atoms with E-state index in [2.05, 4.69) is 0 Å². The van der Waals surface area contributed by atoms with Gasteiger partial charge in [-0.2, -0.15) is 5.26 Å². The number of hydrogen-bond donors (Lipinski definition) is 0. The van der Waals surface area contributed by atoms with E-state index in [9.17, 15) is 4.39 Å². The summed E-state index contributed by atoms with van der Waals surface area (Å²) in [4.78, 5) is 1.42. The van der Waals surface area contributed by atoms with Crippen LogP contribution in [-0.2, 0) is 0 Å². The minimum Gasteiger partial charge on any atom is -0.280 e. The van der Waals surface area contributed by atoms with E-state index in [1.54, 1.807) is 12.1 Å². The lowest BCUT2D eigenvalue weighted by Gasteiger charge is -2.11. The van der Waals surface area contributed by atoms with Crippen LogP contribution in [0.2, 0.25) is 0 Å². The first-order valence-electron chi connectivity index (χ1n) is 3.70. The third kappa shape index (κ3) is 1.73. The van der Waals surface area contributed by atoms with Gasteiger partial charge in [0.15, 0.2) is 6.19 Å². The molecule has 0 unspecified atom stereocenters. The predicted octanol–water partition coefficient (Wildman–Crippen LogP) is 2.13. The molecule has 0 heterocycles. The minimum absolute atomic E-state index is 0.318. The molecule has 0 atom stereocenters. The second-order valence-electron chi connectivity index (χ2n) is 2.32. The molecule has 2 nitrogen and oxygen atoms in total. The molecule has 1 aromatic carbocycles. The van der Waals surface area contributed by atoms with Crippen molar-refractivity contribution in [1.82, 2.24) is 0 Å². The van der Waals surface area contributed by atoms with E-state index in [4.69, 9.17) is 5.26 Å². The van der Waals surface area contributed by atoms with E-state index in [0.717, 1.165) is 0 Å². The van der Waals surface area contributed by atoms with Crippen molar-refractivity contribution in [3.8, 4) is 6.19 Å². The van der Waals surface area contributed by atoms with Gasteiger partial charge in [0.1, 0.15) is 5.82 Å². The first-order valence-corrected chi connectivity index (χ1v) is 3.70. The lowest BCUT2D eigenvalue weighted by molar-refractivity contribution is 0.627. The van der Waals surface area contributed by atoms with E-state index in [-0.39, 0.29) is 5.82 Å². The van der Waals surface area contributed by atoms with Crippen molar-refractivity contribution < 1.29 is 4.39 Å². The molecule has 0 amide bonds. The minimum atomic E-state index is -0.318. The van der Waals surface area contributed by atoms with Crippen LogP contribution < -0.4 is 4.90 Å². The molecule has 0 fully saturated rings. The highest BCUT2D eigenvalue weighted by atomic mass is 19.1. The number of hydrogen-bond acceptors (Lipinski definition) is 2. The summed E-state index contributed by atoms with van der Waals surface area (Å²) in [6.07, 6.45) is 1.96. The Labute approximate surface area is 70.8 Å². The topological polar surface area (TPSA) is 27.0 Å². The zero-order valence-corrected chi connectivity index (χ0v) is 6.79. The van der Waals surface area contributed by atoms with Gasteiger partial charge in [0.2, 0.25) is 0 Å². The molecule has 0 aliphatic heterocycles.